The van der Waals surface area contributed by atoms with Crippen LogP contribution in [-0.4, -0.2) is 17.2 Å². The average molecular weight is 335 g/mol. The fraction of sp³-hybridized carbons (Fsp3) is 0.125. The van der Waals surface area contributed by atoms with E-state index in [0.29, 0.717) is 16.7 Å². The van der Waals surface area contributed by atoms with Gasteiger partial charge in [0.1, 0.15) is 5.75 Å². The van der Waals surface area contributed by atoms with Crippen LogP contribution in [-0.2, 0) is 6.18 Å². The Morgan fingerprint density at radius 2 is 1.75 bits per heavy atom. The van der Waals surface area contributed by atoms with Gasteiger partial charge in [-0.3, -0.25) is 0 Å². The van der Waals surface area contributed by atoms with Crippen molar-refractivity contribution in [3.8, 4) is 11.6 Å². The second-order valence-corrected chi connectivity index (χ2v) is 4.98. The second-order valence-electron chi connectivity index (χ2n) is 4.98. The number of hydrogen-bond acceptors (Lipinski definition) is 4. The van der Waals surface area contributed by atoms with Crippen molar-refractivity contribution in [3.63, 3.8) is 0 Å². The predicted molar refractivity (Wildman–Crippen MR) is 82.1 cm³/mol. The third kappa shape index (κ3) is 3.03. The first-order valence-electron chi connectivity index (χ1n) is 6.86. The molecule has 0 amide bonds. The van der Waals surface area contributed by atoms with Gasteiger partial charge in [-0.15, -0.1) is 5.11 Å². The highest BCUT2D eigenvalue weighted by molar-refractivity contribution is 5.94. The normalized spacial score (nSPS) is 12.2. The molecule has 0 bridgehead atoms. The Morgan fingerprint density at radius 3 is 2.38 bits per heavy atom. The lowest BCUT2D eigenvalue weighted by molar-refractivity contribution is -0.137. The van der Waals surface area contributed by atoms with Gasteiger partial charge < -0.3 is 14.8 Å². The van der Waals surface area contributed by atoms with Gasteiger partial charge in [0.15, 0.2) is 5.69 Å². The van der Waals surface area contributed by atoms with E-state index < -0.39 is 11.7 Å². The molecule has 0 saturated heterocycles. The van der Waals surface area contributed by atoms with Crippen molar-refractivity contribution in [2.75, 3.05) is 7.11 Å². The molecule has 124 valence electrons. The average Bonchev–Trinajstić information content (AvgIpc) is 2.86. The van der Waals surface area contributed by atoms with E-state index >= 15 is 0 Å². The third-order valence-electron chi connectivity index (χ3n) is 3.42. The first kappa shape index (κ1) is 15.9. The number of rotatable bonds is 3. The van der Waals surface area contributed by atoms with Crippen molar-refractivity contribution in [2.45, 2.75) is 6.18 Å². The van der Waals surface area contributed by atoms with Crippen molar-refractivity contribution in [2.24, 2.45) is 10.2 Å². The minimum absolute atomic E-state index is 0.186. The number of H-pyrrole nitrogens is 1. The van der Waals surface area contributed by atoms with Gasteiger partial charge in [0.05, 0.1) is 23.9 Å². The van der Waals surface area contributed by atoms with E-state index in [9.17, 15) is 18.3 Å². The molecule has 8 heteroatoms. The van der Waals surface area contributed by atoms with E-state index in [4.69, 9.17) is 4.74 Å². The maximum atomic E-state index is 12.5. The van der Waals surface area contributed by atoms with Gasteiger partial charge in [0, 0.05) is 11.5 Å². The topological polar surface area (TPSA) is 70.0 Å². The Morgan fingerprint density at radius 1 is 1.04 bits per heavy atom. The molecule has 3 aromatic rings. The Balaban J connectivity index is 1.92. The molecule has 1 aromatic heterocycles. The fourth-order valence-corrected chi connectivity index (χ4v) is 2.20. The van der Waals surface area contributed by atoms with Crippen molar-refractivity contribution in [1.29, 1.82) is 0 Å². The molecule has 3 rings (SSSR count). The molecule has 0 unspecified atom stereocenters. The highest BCUT2D eigenvalue weighted by Crippen LogP contribution is 2.38. The van der Waals surface area contributed by atoms with Crippen LogP contribution in [0, 0.1) is 0 Å². The molecule has 0 aliphatic rings. The number of aromatic nitrogens is 1. The van der Waals surface area contributed by atoms with Crippen molar-refractivity contribution >= 4 is 22.3 Å². The summed E-state index contributed by atoms with van der Waals surface area (Å²) in [6, 6.07) is 9.36. The number of aromatic hydroxyl groups is 1. The number of aromatic amines is 1. The van der Waals surface area contributed by atoms with Gasteiger partial charge in [-0.05, 0) is 36.4 Å². The minimum atomic E-state index is -4.40. The molecule has 0 aliphatic heterocycles. The van der Waals surface area contributed by atoms with Gasteiger partial charge in [-0.25, -0.2) is 0 Å². The summed E-state index contributed by atoms with van der Waals surface area (Å²) in [6.07, 6.45) is -4.40. The van der Waals surface area contributed by atoms with E-state index in [2.05, 4.69) is 15.2 Å². The summed E-state index contributed by atoms with van der Waals surface area (Å²) in [6.45, 7) is 0. The zero-order valence-corrected chi connectivity index (χ0v) is 12.4. The molecule has 2 N–H and O–H groups in total. The zero-order chi connectivity index (χ0) is 17.3. The van der Waals surface area contributed by atoms with E-state index in [-0.39, 0.29) is 17.3 Å². The van der Waals surface area contributed by atoms with Gasteiger partial charge in [-0.1, -0.05) is 0 Å². The van der Waals surface area contributed by atoms with Crippen molar-refractivity contribution in [1.82, 2.24) is 4.98 Å². The van der Waals surface area contributed by atoms with Gasteiger partial charge >= 0.3 is 6.18 Å². The number of azo groups is 1. The lowest BCUT2D eigenvalue weighted by atomic mass is 10.2. The molecule has 24 heavy (non-hydrogen) atoms. The van der Waals surface area contributed by atoms with Gasteiger partial charge in [0.2, 0.25) is 5.88 Å². The summed E-state index contributed by atoms with van der Waals surface area (Å²) in [5.74, 6) is 0.420. The van der Waals surface area contributed by atoms with Crippen LogP contribution in [0.2, 0.25) is 0 Å². The monoisotopic (exact) mass is 335 g/mol. The molecule has 0 atom stereocenters. The molecule has 0 radical (unpaired) electrons. The molecular formula is C16H12F3N3O2. The maximum Gasteiger partial charge on any atom is 0.416 e. The number of nitrogens with zero attached hydrogens (tertiary/aromatic N) is 2. The maximum absolute atomic E-state index is 12.5. The van der Waals surface area contributed by atoms with E-state index in [0.717, 1.165) is 12.1 Å². The summed E-state index contributed by atoms with van der Waals surface area (Å²) in [5, 5.41) is 18.3. The highest BCUT2D eigenvalue weighted by atomic mass is 19.4. The molecule has 0 fully saturated rings. The van der Waals surface area contributed by atoms with E-state index in [1.165, 1.54) is 19.2 Å². The van der Waals surface area contributed by atoms with Crippen LogP contribution in [0.3, 0.4) is 0 Å². The molecule has 2 aromatic carbocycles. The van der Waals surface area contributed by atoms with Crippen LogP contribution < -0.4 is 4.74 Å². The number of methoxy groups -OCH3 is 1. The third-order valence-corrected chi connectivity index (χ3v) is 3.42. The number of fused-ring (bicyclic) bond motifs is 1. The zero-order valence-electron chi connectivity index (χ0n) is 12.4. The van der Waals surface area contributed by atoms with Crippen LogP contribution >= 0.6 is 0 Å². The lowest BCUT2D eigenvalue weighted by Crippen LogP contribution is -2.03. The van der Waals surface area contributed by atoms with Crippen LogP contribution in [0.25, 0.3) is 10.9 Å². The standard InChI is InChI=1S/C16H12F3N3O2/c1-24-11-6-7-12-13(8-11)20-15(23)14(12)22-21-10-4-2-9(3-5-10)16(17,18)19/h2-8,20,23H,1H3. The van der Waals surface area contributed by atoms with Gasteiger partial charge in [0.25, 0.3) is 0 Å². The minimum Gasteiger partial charge on any atom is -0.497 e. The molecule has 1 heterocycles. The molecule has 5 nitrogen and oxygen atoms in total. The summed E-state index contributed by atoms with van der Waals surface area (Å²) >= 11 is 0. The SMILES string of the molecule is COc1ccc2c(N=Nc3ccc(C(F)(F)F)cc3)c(O)[nH]c2c1. The summed E-state index contributed by atoms with van der Waals surface area (Å²) in [5.41, 5.74) is 0.287. The smallest absolute Gasteiger partial charge is 0.416 e. The summed E-state index contributed by atoms with van der Waals surface area (Å²) < 4.78 is 42.6. The first-order chi connectivity index (χ1) is 11.4. The lowest BCUT2D eigenvalue weighted by Gasteiger charge is -2.05. The number of halogens is 3. The van der Waals surface area contributed by atoms with Crippen molar-refractivity contribution < 1.29 is 23.0 Å². The second kappa shape index (κ2) is 5.88. The molecular weight excluding hydrogens is 323 g/mol. The number of nitrogens with one attached hydrogen (secondary N) is 1. The van der Waals surface area contributed by atoms with E-state index in [1.54, 1.807) is 18.2 Å². The van der Waals surface area contributed by atoms with Crippen LogP contribution in [0.5, 0.6) is 11.6 Å². The van der Waals surface area contributed by atoms with Crippen molar-refractivity contribution in [3.05, 3.63) is 48.0 Å². The Bertz CT molecular complexity index is 899. The molecule has 0 aliphatic carbocycles. The number of alkyl halides is 3. The van der Waals surface area contributed by atoms with Crippen LogP contribution in [0.1, 0.15) is 5.56 Å². The summed E-state index contributed by atoms with van der Waals surface area (Å²) in [4.78, 5) is 2.74. The van der Waals surface area contributed by atoms with Crippen LogP contribution in [0.15, 0.2) is 52.7 Å². The molecule has 0 spiro atoms. The Hall–Kier alpha value is -3.03. The van der Waals surface area contributed by atoms with E-state index in [1.807, 2.05) is 0 Å². The number of benzene rings is 2. The number of ether oxygens (including phenoxy) is 1. The summed E-state index contributed by atoms with van der Waals surface area (Å²) in [7, 11) is 1.52. The van der Waals surface area contributed by atoms with Crippen LogP contribution in [0.4, 0.5) is 24.5 Å². The Kier molecular flexibility index (Phi) is 3.88. The highest BCUT2D eigenvalue weighted by Gasteiger charge is 2.29. The molecule has 0 saturated carbocycles. The predicted octanol–water partition coefficient (Wildman–Crippen LogP) is 5.32. The largest absolute Gasteiger partial charge is 0.497 e. The quantitative estimate of drug-likeness (QED) is 0.636. The first-order valence-corrected chi connectivity index (χ1v) is 6.86. The Labute approximate surface area is 134 Å². The van der Waals surface area contributed by atoms with Gasteiger partial charge in [-0.2, -0.15) is 18.3 Å². The number of hydrogen-bond donors (Lipinski definition) is 2. The fourth-order valence-electron chi connectivity index (χ4n) is 2.20.